The standard InChI is InChI=1S/C27H28N4.C2HF3O2/c1-18(2)24-9-5-6-10-25(24)27-30-20(4)19(3)26(31-27)29-16-21-11-13-22(14-12-21)23-8-7-15-28-17-23;3-2(4,5)1(6)7/h5-15,17-18H,16H2,1-4H3,(H,29,30,31);(H,6,7). The number of nitrogens with zero attached hydrogens (tertiary/aromatic N) is 3. The molecular formula is C29H29F3N4O2. The lowest BCUT2D eigenvalue weighted by atomic mass is 9.96. The number of carboxylic acid groups (broad SMARTS) is 1. The monoisotopic (exact) mass is 522 g/mol. The lowest BCUT2D eigenvalue weighted by Gasteiger charge is -2.16. The smallest absolute Gasteiger partial charge is 0.475 e. The fourth-order valence-corrected chi connectivity index (χ4v) is 3.66. The molecule has 2 aromatic carbocycles. The van der Waals surface area contributed by atoms with Gasteiger partial charge in [-0.25, -0.2) is 14.8 Å². The van der Waals surface area contributed by atoms with Crippen molar-refractivity contribution in [3.8, 4) is 22.5 Å². The Bertz CT molecular complexity index is 1370. The molecule has 198 valence electrons. The molecule has 38 heavy (non-hydrogen) atoms. The molecule has 4 rings (SSSR count). The van der Waals surface area contributed by atoms with Crippen molar-refractivity contribution < 1.29 is 23.1 Å². The number of aliphatic carboxylic acids is 1. The summed E-state index contributed by atoms with van der Waals surface area (Å²) in [5.74, 6) is -0.678. The van der Waals surface area contributed by atoms with E-state index in [0.29, 0.717) is 12.5 Å². The molecule has 0 aliphatic rings. The number of carbonyl (C=O) groups is 1. The van der Waals surface area contributed by atoms with Gasteiger partial charge in [-0.05, 0) is 48.1 Å². The predicted molar refractivity (Wildman–Crippen MR) is 142 cm³/mol. The molecule has 0 aliphatic heterocycles. The molecule has 0 unspecified atom stereocenters. The predicted octanol–water partition coefficient (Wildman–Crippen LogP) is 7.19. The van der Waals surface area contributed by atoms with Crippen molar-refractivity contribution in [2.45, 2.75) is 46.3 Å². The fraction of sp³-hybridized carbons (Fsp3) is 0.241. The van der Waals surface area contributed by atoms with Gasteiger partial charge in [0.1, 0.15) is 5.82 Å². The van der Waals surface area contributed by atoms with Crippen molar-refractivity contribution in [3.05, 3.63) is 95.4 Å². The number of nitrogens with one attached hydrogen (secondary N) is 1. The lowest BCUT2D eigenvalue weighted by Crippen LogP contribution is -2.21. The van der Waals surface area contributed by atoms with Gasteiger partial charge in [0.25, 0.3) is 0 Å². The van der Waals surface area contributed by atoms with Gasteiger partial charge in [0.15, 0.2) is 5.82 Å². The van der Waals surface area contributed by atoms with E-state index in [-0.39, 0.29) is 0 Å². The first-order valence-electron chi connectivity index (χ1n) is 11.9. The molecule has 2 heterocycles. The maximum Gasteiger partial charge on any atom is 0.490 e. The first kappa shape index (κ1) is 28.3. The van der Waals surface area contributed by atoms with Crippen molar-refractivity contribution in [3.63, 3.8) is 0 Å². The Morgan fingerprint density at radius 2 is 1.61 bits per heavy atom. The second-order valence-corrected chi connectivity index (χ2v) is 8.94. The minimum atomic E-state index is -5.08. The topological polar surface area (TPSA) is 88.0 Å². The first-order valence-corrected chi connectivity index (χ1v) is 11.9. The van der Waals surface area contributed by atoms with Gasteiger partial charge in [0.05, 0.1) is 0 Å². The third-order valence-corrected chi connectivity index (χ3v) is 5.86. The quantitative estimate of drug-likeness (QED) is 0.279. The number of alkyl halides is 3. The highest BCUT2D eigenvalue weighted by Crippen LogP contribution is 2.29. The average Bonchev–Trinajstić information content (AvgIpc) is 2.90. The van der Waals surface area contributed by atoms with E-state index in [1.807, 2.05) is 19.2 Å². The molecule has 0 spiro atoms. The molecule has 0 fully saturated rings. The third kappa shape index (κ3) is 7.38. The molecule has 2 N–H and O–H groups in total. The number of anilines is 1. The molecule has 0 radical (unpaired) electrons. The molecule has 0 saturated carbocycles. The summed E-state index contributed by atoms with van der Waals surface area (Å²) >= 11 is 0. The van der Waals surface area contributed by atoms with Crippen LogP contribution in [0.4, 0.5) is 19.0 Å². The lowest BCUT2D eigenvalue weighted by molar-refractivity contribution is -0.192. The number of aromatic nitrogens is 3. The van der Waals surface area contributed by atoms with Gasteiger partial charge in [0, 0.05) is 35.8 Å². The summed E-state index contributed by atoms with van der Waals surface area (Å²) in [6, 6.07) is 21.0. The summed E-state index contributed by atoms with van der Waals surface area (Å²) in [5.41, 5.74) is 7.94. The van der Waals surface area contributed by atoms with E-state index in [2.05, 4.69) is 85.7 Å². The van der Waals surface area contributed by atoms with E-state index in [9.17, 15) is 13.2 Å². The third-order valence-electron chi connectivity index (χ3n) is 5.86. The number of halogens is 3. The normalized spacial score (nSPS) is 11.1. The van der Waals surface area contributed by atoms with Crippen LogP contribution in [0.3, 0.4) is 0 Å². The summed E-state index contributed by atoms with van der Waals surface area (Å²) < 4.78 is 31.7. The maximum absolute atomic E-state index is 10.6. The summed E-state index contributed by atoms with van der Waals surface area (Å²) in [7, 11) is 0. The molecule has 0 amide bonds. The molecule has 2 aromatic heterocycles. The highest BCUT2D eigenvalue weighted by Gasteiger charge is 2.38. The van der Waals surface area contributed by atoms with Gasteiger partial charge in [-0.1, -0.05) is 68.4 Å². The number of pyridine rings is 1. The van der Waals surface area contributed by atoms with Crippen molar-refractivity contribution in [1.29, 1.82) is 0 Å². The second-order valence-electron chi connectivity index (χ2n) is 8.94. The van der Waals surface area contributed by atoms with E-state index < -0.39 is 12.1 Å². The summed E-state index contributed by atoms with van der Waals surface area (Å²) in [4.78, 5) is 22.8. The first-order chi connectivity index (χ1) is 18.0. The summed E-state index contributed by atoms with van der Waals surface area (Å²) in [5, 5.41) is 10.6. The van der Waals surface area contributed by atoms with Crippen LogP contribution in [-0.4, -0.2) is 32.2 Å². The number of hydrogen-bond acceptors (Lipinski definition) is 5. The highest BCUT2D eigenvalue weighted by atomic mass is 19.4. The Balaban J connectivity index is 0.000000505. The van der Waals surface area contributed by atoms with E-state index in [4.69, 9.17) is 19.9 Å². The van der Waals surface area contributed by atoms with Crippen LogP contribution in [0.25, 0.3) is 22.5 Å². The zero-order chi connectivity index (χ0) is 27.9. The number of benzene rings is 2. The van der Waals surface area contributed by atoms with Crippen molar-refractivity contribution in [2.75, 3.05) is 5.32 Å². The average molecular weight is 523 g/mol. The number of aryl methyl sites for hydroxylation is 1. The minimum Gasteiger partial charge on any atom is -0.475 e. The Kier molecular flexibility index (Phi) is 9.17. The Morgan fingerprint density at radius 3 is 2.18 bits per heavy atom. The summed E-state index contributed by atoms with van der Waals surface area (Å²) in [6.07, 6.45) is -1.40. The van der Waals surface area contributed by atoms with Gasteiger partial charge in [0.2, 0.25) is 0 Å². The van der Waals surface area contributed by atoms with Gasteiger partial charge >= 0.3 is 12.1 Å². The van der Waals surface area contributed by atoms with Crippen LogP contribution in [0, 0.1) is 13.8 Å². The Hall–Kier alpha value is -4.27. The van der Waals surface area contributed by atoms with Crippen molar-refractivity contribution in [1.82, 2.24) is 15.0 Å². The van der Waals surface area contributed by atoms with Crippen LogP contribution in [0.2, 0.25) is 0 Å². The molecule has 0 atom stereocenters. The zero-order valence-electron chi connectivity index (χ0n) is 21.5. The molecular weight excluding hydrogens is 493 g/mol. The Labute approximate surface area is 219 Å². The molecule has 0 bridgehead atoms. The molecule has 4 aromatic rings. The highest BCUT2D eigenvalue weighted by molar-refractivity contribution is 5.73. The summed E-state index contributed by atoms with van der Waals surface area (Å²) in [6.45, 7) is 9.23. The number of rotatable bonds is 6. The van der Waals surface area contributed by atoms with Gasteiger partial charge in [-0.3, -0.25) is 4.98 Å². The SMILES string of the molecule is Cc1nc(-c2ccccc2C(C)C)nc(NCc2ccc(-c3cccnc3)cc2)c1C.O=C(O)C(F)(F)F. The van der Waals surface area contributed by atoms with E-state index >= 15 is 0 Å². The van der Waals surface area contributed by atoms with Crippen LogP contribution >= 0.6 is 0 Å². The van der Waals surface area contributed by atoms with Crippen LogP contribution in [-0.2, 0) is 11.3 Å². The maximum atomic E-state index is 10.6. The van der Waals surface area contributed by atoms with Gasteiger partial charge in [-0.2, -0.15) is 13.2 Å². The molecule has 9 heteroatoms. The Morgan fingerprint density at radius 1 is 0.947 bits per heavy atom. The minimum absolute atomic E-state index is 0.413. The fourth-order valence-electron chi connectivity index (χ4n) is 3.66. The zero-order valence-corrected chi connectivity index (χ0v) is 21.5. The van der Waals surface area contributed by atoms with E-state index in [1.54, 1.807) is 6.20 Å². The van der Waals surface area contributed by atoms with E-state index in [0.717, 1.165) is 34.0 Å². The van der Waals surface area contributed by atoms with Crippen LogP contribution in [0.5, 0.6) is 0 Å². The van der Waals surface area contributed by atoms with Crippen molar-refractivity contribution in [2.24, 2.45) is 0 Å². The molecule has 0 aliphatic carbocycles. The van der Waals surface area contributed by atoms with Crippen molar-refractivity contribution >= 4 is 11.8 Å². The van der Waals surface area contributed by atoms with E-state index in [1.165, 1.54) is 16.7 Å². The molecule has 6 nitrogen and oxygen atoms in total. The van der Waals surface area contributed by atoms with Crippen LogP contribution in [0.15, 0.2) is 73.1 Å². The van der Waals surface area contributed by atoms with Gasteiger partial charge < -0.3 is 10.4 Å². The molecule has 0 saturated heterocycles. The van der Waals surface area contributed by atoms with Crippen LogP contribution in [0.1, 0.15) is 42.1 Å². The van der Waals surface area contributed by atoms with Crippen LogP contribution < -0.4 is 5.32 Å². The number of carboxylic acids is 1. The largest absolute Gasteiger partial charge is 0.490 e. The number of hydrogen-bond donors (Lipinski definition) is 2. The second kappa shape index (κ2) is 12.3. The van der Waals surface area contributed by atoms with Gasteiger partial charge in [-0.15, -0.1) is 0 Å².